The Kier molecular flexibility index (Phi) is 9.91. The molecule has 0 aromatic heterocycles. The summed E-state index contributed by atoms with van der Waals surface area (Å²) in [6, 6.07) is 7.97. The lowest BCUT2D eigenvalue weighted by Crippen LogP contribution is -2.32. The highest BCUT2D eigenvalue weighted by Crippen LogP contribution is 2.28. The van der Waals surface area contributed by atoms with Gasteiger partial charge in [-0.25, -0.2) is 0 Å². The first kappa shape index (κ1) is 23.9. The summed E-state index contributed by atoms with van der Waals surface area (Å²) in [7, 11) is 0. The van der Waals surface area contributed by atoms with Crippen molar-refractivity contribution in [3.05, 3.63) is 29.8 Å². The molecule has 0 amide bonds. The second-order valence-electron chi connectivity index (χ2n) is 7.74. The second-order valence-corrected chi connectivity index (χ2v) is 7.74. The number of hydrogen-bond acceptors (Lipinski definition) is 5. The van der Waals surface area contributed by atoms with Crippen LogP contribution in [0, 0.1) is 5.92 Å². The van der Waals surface area contributed by atoms with Gasteiger partial charge >= 0.3 is 5.97 Å². The first-order valence-electron chi connectivity index (χ1n) is 10.2. The molecular weight excluding hydrogens is 356 g/mol. The quantitative estimate of drug-likeness (QED) is 0.278. The Labute approximate surface area is 168 Å². The highest BCUT2D eigenvalue weighted by atomic mass is 16.5. The van der Waals surface area contributed by atoms with Gasteiger partial charge in [-0.05, 0) is 49.3 Å². The van der Waals surface area contributed by atoms with Gasteiger partial charge in [-0.2, -0.15) is 0 Å². The number of benzene rings is 1. The third kappa shape index (κ3) is 7.45. The topological polar surface area (TPSA) is 69.7 Å². The number of Topliss-reactive ketones (excluding diaryl/α,β-unsaturated/α-hetero) is 2. The molecule has 0 saturated heterocycles. The molecule has 1 atom stereocenters. The van der Waals surface area contributed by atoms with Crippen molar-refractivity contribution in [2.75, 3.05) is 13.2 Å². The minimum Gasteiger partial charge on any atom is -0.494 e. The van der Waals surface area contributed by atoms with Crippen molar-refractivity contribution in [2.24, 2.45) is 5.92 Å². The molecule has 0 radical (unpaired) electrons. The molecule has 0 spiro atoms. The average Bonchev–Trinajstić information content (AvgIpc) is 2.65. The molecule has 0 N–H and O–H groups in total. The van der Waals surface area contributed by atoms with Crippen molar-refractivity contribution in [3.63, 3.8) is 0 Å². The standard InChI is InChI=1S/C23H34O5/c1-6-8-15-28-22(26)21(17(3)24)20(25)10-9-16-27-19-13-11-18(12-14-19)23(4,5)7-2/h11-14,21H,6-10,15-16H2,1-5H3. The number of rotatable bonds is 13. The Hall–Kier alpha value is -2.17. The van der Waals surface area contributed by atoms with Gasteiger partial charge in [0.1, 0.15) is 5.75 Å². The normalized spacial score (nSPS) is 12.3. The number of hydrogen-bond donors (Lipinski definition) is 0. The van der Waals surface area contributed by atoms with Crippen molar-refractivity contribution in [1.29, 1.82) is 0 Å². The molecule has 1 unspecified atom stereocenters. The van der Waals surface area contributed by atoms with Crippen molar-refractivity contribution < 1.29 is 23.9 Å². The zero-order valence-corrected chi connectivity index (χ0v) is 17.9. The summed E-state index contributed by atoms with van der Waals surface area (Å²) in [4.78, 5) is 36.0. The Morgan fingerprint density at radius 2 is 1.64 bits per heavy atom. The van der Waals surface area contributed by atoms with Crippen LogP contribution in [-0.4, -0.2) is 30.7 Å². The van der Waals surface area contributed by atoms with Crippen molar-refractivity contribution >= 4 is 17.5 Å². The molecule has 0 aliphatic heterocycles. The Bertz CT molecular complexity index is 645. The van der Waals surface area contributed by atoms with E-state index in [1.54, 1.807) is 0 Å². The zero-order chi connectivity index (χ0) is 21.2. The van der Waals surface area contributed by atoms with Crippen LogP contribution in [0.2, 0.25) is 0 Å². The summed E-state index contributed by atoms with van der Waals surface area (Å²) in [6.07, 6.45) is 3.18. The predicted octanol–water partition coefficient (Wildman–Crippen LogP) is 4.65. The molecular formula is C23H34O5. The Morgan fingerprint density at radius 1 is 1.00 bits per heavy atom. The molecule has 0 saturated carbocycles. The molecule has 28 heavy (non-hydrogen) atoms. The van der Waals surface area contributed by atoms with E-state index in [1.165, 1.54) is 12.5 Å². The summed E-state index contributed by atoms with van der Waals surface area (Å²) in [6.45, 7) is 10.4. The summed E-state index contributed by atoms with van der Waals surface area (Å²) in [5, 5.41) is 0. The van der Waals surface area contributed by atoms with Gasteiger partial charge in [-0.3, -0.25) is 14.4 Å². The molecule has 0 aliphatic rings. The third-order valence-electron chi connectivity index (χ3n) is 5.06. The fourth-order valence-electron chi connectivity index (χ4n) is 2.71. The molecule has 1 aromatic carbocycles. The van der Waals surface area contributed by atoms with Crippen LogP contribution in [0.15, 0.2) is 24.3 Å². The van der Waals surface area contributed by atoms with E-state index in [9.17, 15) is 14.4 Å². The largest absolute Gasteiger partial charge is 0.494 e. The molecule has 0 heterocycles. The fraction of sp³-hybridized carbons (Fsp3) is 0.609. The summed E-state index contributed by atoms with van der Waals surface area (Å²) in [5.74, 6) is -2.18. The molecule has 0 bridgehead atoms. The van der Waals surface area contributed by atoms with Crippen LogP contribution in [0.5, 0.6) is 5.75 Å². The van der Waals surface area contributed by atoms with Crippen LogP contribution in [-0.2, 0) is 24.5 Å². The summed E-state index contributed by atoms with van der Waals surface area (Å²) < 4.78 is 10.7. The lowest BCUT2D eigenvalue weighted by atomic mass is 9.82. The van der Waals surface area contributed by atoms with Crippen LogP contribution in [0.3, 0.4) is 0 Å². The van der Waals surface area contributed by atoms with Gasteiger partial charge in [0.05, 0.1) is 13.2 Å². The molecule has 5 nitrogen and oxygen atoms in total. The van der Waals surface area contributed by atoms with E-state index in [4.69, 9.17) is 9.47 Å². The van der Waals surface area contributed by atoms with Crippen LogP contribution < -0.4 is 4.74 Å². The first-order valence-corrected chi connectivity index (χ1v) is 10.2. The molecule has 1 aromatic rings. The van der Waals surface area contributed by atoms with Gasteiger partial charge in [0.25, 0.3) is 0 Å². The lowest BCUT2D eigenvalue weighted by Gasteiger charge is -2.23. The van der Waals surface area contributed by atoms with Crippen LogP contribution in [0.4, 0.5) is 0 Å². The van der Waals surface area contributed by atoms with E-state index in [0.29, 0.717) is 19.4 Å². The minimum atomic E-state index is -1.31. The second kappa shape index (κ2) is 11.6. The number of esters is 1. The first-order chi connectivity index (χ1) is 13.2. The van der Waals surface area contributed by atoms with Crippen LogP contribution in [0.25, 0.3) is 0 Å². The number of carbonyl (C=O) groups is 3. The molecule has 5 heteroatoms. The maximum absolute atomic E-state index is 12.3. The minimum absolute atomic E-state index is 0.105. The Balaban J connectivity index is 2.47. The monoisotopic (exact) mass is 390 g/mol. The van der Waals surface area contributed by atoms with Gasteiger partial charge < -0.3 is 9.47 Å². The molecule has 0 aliphatic carbocycles. The third-order valence-corrected chi connectivity index (χ3v) is 5.06. The average molecular weight is 391 g/mol. The van der Waals surface area contributed by atoms with Gasteiger partial charge in [0.2, 0.25) is 0 Å². The number of carbonyl (C=O) groups excluding carboxylic acids is 3. The van der Waals surface area contributed by atoms with E-state index in [1.807, 2.05) is 19.1 Å². The van der Waals surface area contributed by atoms with E-state index >= 15 is 0 Å². The smallest absolute Gasteiger partial charge is 0.324 e. The maximum atomic E-state index is 12.3. The number of ketones is 2. The van der Waals surface area contributed by atoms with E-state index in [2.05, 4.69) is 32.9 Å². The van der Waals surface area contributed by atoms with E-state index in [0.717, 1.165) is 18.6 Å². The predicted molar refractivity (Wildman–Crippen MR) is 110 cm³/mol. The van der Waals surface area contributed by atoms with Crippen molar-refractivity contribution in [1.82, 2.24) is 0 Å². The van der Waals surface area contributed by atoms with Crippen LogP contribution >= 0.6 is 0 Å². The molecule has 1 rings (SSSR count). The van der Waals surface area contributed by atoms with E-state index in [-0.39, 0.29) is 18.4 Å². The SMILES string of the molecule is CCCCOC(=O)C(C(C)=O)C(=O)CCCOc1ccc(C(C)(C)CC)cc1. The van der Waals surface area contributed by atoms with Crippen LogP contribution in [0.1, 0.15) is 72.3 Å². The summed E-state index contributed by atoms with van der Waals surface area (Å²) >= 11 is 0. The van der Waals surface area contributed by atoms with Gasteiger partial charge in [-0.1, -0.05) is 46.2 Å². The lowest BCUT2D eigenvalue weighted by molar-refractivity contribution is -0.155. The fourth-order valence-corrected chi connectivity index (χ4v) is 2.71. The number of ether oxygens (including phenoxy) is 2. The van der Waals surface area contributed by atoms with Gasteiger partial charge in [-0.15, -0.1) is 0 Å². The maximum Gasteiger partial charge on any atom is 0.324 e. The number of unbranched alkanes of at least 4 members (excludes halogenated alkanes) is 1. The zero-order valence-electron chi connectivity index (χ0n) is 17.9. The molecule has 156 valence electrons. The molecule has 0 fully saturated rings. The van der Waals surface area contributed by atoms with Crippen molar-refractivity contribution in [2.45, 2.75) is 72.1 Å². The van der Waals surface area contributed by atoms with Crippen molar-refractivity contribution in [3.8, 4) is 5.75 Å². The highest BCUT2D eigenvalue weighted by molar-refractivity contribution is 6.16. The van der Waals surface area contributed by atoms with Gasteiger partial charge in [0.15, 0.2) is 17.5 Å². The Morgan fingerprint density at radius 3 is 2.18 bits per heavy atom. The summed E-state index contributed by atoms with van der Waals surface area (Å²) in [5.41, 5.74) is 1.38. The highest BCUT2D eigenvalue weighted by Gasteiger charge is 2.31. The van der Waals surface area contributed by atoms with Gasteiger partial charge in [0, 0.05) is 6.42 Å². The van der Waals surface area contributed by atoms with E-state index < -0.39 is 23.5 Å².